The van der Waals surface area contributed by atoms with Crippen molar-refractivity contribution in [2.75, 3.05) is 30.8 Å². The lowest BCUT2D eigenvalue weighted by atomic mass is 10.1. The first kappa shape index (κ1) is 23.3. The van der Waals surface area contributed by atoms with E-state index in [1.54, 1.807) is 6.20 Å². The number of hydrogen-bond acceptors (Lipinski definition) is 7. The number of aromatic amines is 1. The minimum atomic E-state index is -0.254. The molecule has 1 saturated heterocycles. The van der Waals surface area contributed by atoms with Crippen LogP contribution in [0.3, 0.4) is 0 Å². The molecule has 0 atom stereocenters. The number of ether oxygens (including phenoxy) is 1. The molecule has 0 spiro atoms. The molecule has 2 aromatic carbocycles. The lowest BCUT2D eigenvalue weighted by Gasteiger charge is -2.29. The second kappa shape index (κ2) is 10.1. The summed E-state index contributed by atoms with van der Waals surface area (Å²) in [5.74, 6) is 2.49. The normalized spacial score (nSPS) is 14.7. The molecule has 2 aromatic heterocycles. The summed E-state index contributed by atoms with van der Waals surface area (Å²) in [6.45, 7) is 4.06. The summed E-state index contributed by atoms with van der Waals surface area (Å²) in [6.07, 6.45) is 3.64. The number of aromatic nitrogens is 3. The molecule has 0 bridgehead atoms. The van der Waals surface area contributed by atoms with E-state index in [0.29, 0.717) is 27.1 Å². The van der Waals surface area contributed by atoms with Crippen LogP contribution in [0.5, 0.6) is 11.5 Å². The maximum Gasteiger partial charge on any atom is 0.261 e. The van der Waals surface area contributed by atoms with Crippen molar-refractivity contribution >= 4 is 44.3 Å². The van der Waals surface area contributed by atoms with Crippen LogP contribution in [0.4, 0.5) is 17.5 Å². The number of nitrogens with zero attached hydrogens (tertiary/aromatic N) is 3. The molecule has 1 aliphatic rings. The quantitative estimate of drug-likeness (QED) is 0.303. The van der Waals surface area contributed by atoms with Gasteiger partial charge in [-0.3, -0.25) is 4.79 Å². The third kappa shape index (κ3) is 5.31. The number of pyridine rings is 1. The standard InChI is InChI=1S/C26H27BrN6O2/c1-16-5-3-4-6-21(16)35-19-9-7-17(8-10-19)29-24-22-23(20(27)15-28-25(22)34)31-26(32-24)30-18-11-13-33(2)14-12-18/h3-10,15,18H,11-14H2,1-2H3,(H,28,34)(H2,29,30,31,32). The zero-order valence-corrected chi connectivity index (χ0v) is 21.2. The third-order valence-corrected chi connectivity index (χ3v) is 6.79. The fourth-order valence-electron chi connectivity index (χ4n) is 4.15. The van der Waals surface area contributed by atoms with Gasteiger partial charge in [0.15, 0.2) is 0 Å². The van der Waals surface area contributed by atoms with E-state index >= 15 is 0 Å². The molecule has 1 aliphatic heterocycles. The number of nitrogens with one attached hydrogen (secondary N) is 3. The van der Waals surface area contributed by atoms with Gasteiger partial charge in [0, 0.05) is 17.9 Å². The predicted octanol–water partition coefficient (Wildman–Crippen LogP) is 5.43. The average Bonchev–Trinajstić information content (AvgIpc) is 2.85. The number of para-hydroxylation sites is 1. The first-order chi connectivity index (χ1) is 17.0. The molecule has 3 N–H and O–H groups in total. The van der Waals surface area contributed by atoms with Crippen LogP contribution in [0.1, 0.15) is 18.4 Å². The van der Waals surface area contributed by atoms with Crippen molar-refractivity contribution in [2.24, 2.45) is 0 Å². The number of fused-ring (bicyclic) bond motifs is 1. The zero-order valence-electron chi connectivity index (χ0n) is 19.6. The van der Waals surface area contributed by atoms with Crippen LogP contribution in [0, 0.1) is 6.92 Å². The Kier molecular flexibility index (Phi) is 6.70. The van der Waals surface area contributed by atoms with E-state index in [2.05, 4.69) is 48.5 Å². The second-order valence-corrected chi connectivity index (χ2v) is 9.68. The topological polar surface area (TPSA) is 95.2 Å². The number of piperidine rings is 1. The molecule has 8 nitrogen and oxygen atoms in total. The van der Waals surface area contributed by atoms with E-state index in [0.717, 1.165) is 48.7 Å². The fraction of sp³-hybridized carbons (Fsp3) is 0.269. The molecule has 1 fully saturated rings. The number of hydrogen-bond donors (Lipinski definition) is 3. The minimum absolute atomic E-state index is 0.254. The Bertz CT molecular complexity index is 1400. The average molecular weight is 535 g/mol. The van der Waals surface area contributed by atoms with Crippen molar-refractivity contribution < 1.29 is 4.74 Å². The molecule has 3 heterocycles. The van der Waals surface area contributed by atoms with Crippen molar-refractivity contribution in [3.63, 3.8) is 0 Å². The number of halogens is 1. The second-order valence-electron chi connectivity index (χ2n) is 8.82. The highest BCUT2D eigenvalue weighted by Gasteiger charge is 2.20. The van der Waals surface area contributed by atoms with Gasteiger partial charge in [0.05, 0.1) is 9.99 Å². The minimum Gasteiger partial charge on any atom is -0.457 e. The van der Waals surface area contributed by atoms with Crippen LogP contribution in [0.25, 0.3) is 10.9 Å². The van der Waals surface area contributed by atoms with E-state index in [1.165, 1.54) is 0 Å². The van der Waals surface area contributed by atoms with Gasteiger partial charge in [0.1, 0.15) is 22.7 Å². The van der Waals surface area contributed by atoms with Gasteiger partial charge < -0.3 is 25.3 Å². The molecule has 4 aromatic rings. The molecule has 0 unspecified atom stereocenters. The third-order valence-electron chi connectivity index (χ3n) is 6.18. The molecule has 180 valence electrons. The maximum absolute atomic E-state index is 12.7. The van der Waals surface area contributed by atoms with Gasteiger partial charge in [-0.25, -0.2) is 4.98 Å². The highest BCUT2D eigenvalue weighted by atomic mass is 79.9. The number of H-pyrrole nitrogens is 1. The van der Waals surface area contributed by atoms with Crippen molar-refractivity contribution in [3.8, 4) is 11.5 Å². The number of likely N-dealkylation sites (tertiary alicyclic amines) is 1. The van der Waals surface area contributed by atoms with E-state index in [-0.39, 0.29) is 11.6 Å². The molecule has 0 radical (unpaired) electrons. The zero-order chi connectivity index (χ0) is 24.4. The summed E-state index contributed by atoms with van der Waals surface area (Å²) < 4.78 is 6.70. The Hall–Kier alpha value is -3.43. The highest BCUT2D eigenvalue weighted by Crippen LogP contribution is 2.30. The lowest BCUT2D eigenvalue weighted by molar-refractivity contribution is 0.263. The van der Waals surface area contributed by atoms with Gasteiger partial charge in [0.25, 0.3) is 5.56 Å². The van der Waals surface area contributed by atoms with E-state index in [1.807, 2.05) is 55.5 Å². The van der Waals surface area contributed by atoms with Crippen molar-refractivity contribution in [1.82, 2.24) is 19.9 Å². The molecule has 0 amide bonds. The molecular formula is C26H27BrN6O2. The summed E-state index contributed by atoms with van der Waals surface area (Å²) >= 11 is 3.53. The summed E-state index contributed by atoms with van der Waals surface area (Å²) in [7, 11) is 2.13. The number of benzene rings is 2. The number of anilines is 3. The van der Waals surface area contributed by atoms with Gasteiger partial charge >= 0.3 is 0 Å². The summed E-state index contributed by atoms with van der Waals surface area (Å²) in [5.41, 5.74) is 2.15. The maximum atomic E-state index is 12.7. The smallest absolute Gasteiger partial charge is 0.261 e. The molecule has 5 rings (SSSR count). The highest BCUT2D eigenvalue weighted by molar-refractivity contribution is 9.10. The summed E-state index contributed by atoms with van der Waals surface area (Å²) in [4.78, 5) is 27.1. The van der Waals surface area contributed by atoms with E-state index in [4.69, 9.17) is 9.72 Å². The van der Waals surface area contributed by atoms with Gasteiger partial charge in [-0.05, 0) is 91.7 Å². The van der Waals surface area contributed by atoms with Crippen LogP contribution in [0.2, 0.25) is 0 Å². The predicted molar refractivity (Wildman–Crippen MR) is 143 cm³/mol. The lowest BCUT2D eigenvalue weighted by Crippen LogP contribution is -2.37. The molecular weight excluding hydrogens is 508 g/mol. The van der Waals surface area contributed by atoms with Crippen LogP contribution in [-0.4, -0.2) is 46.0 Å². The summed E-state index contributed by atoms with van der Waals surface area (Å²) in [6, 6.07) is 15.7. The Morgan fingerprint density at radius 3 is 2.57 bits per heavy atom. The number of aryl methyl sites for hydroxylation is 1. The van der Waals surface area contributed by atoms with Gasteiger partial charge in [0.2, 0.25) is 5.95 Å². The molecule has 35 heavy (non-hydrogen) atoms. The van der Waals surface area contributed by atoms with E-state index < -0.39 is 0 Å². The summed E-state index contributed by atoms with van der Waals surface area (Å²) in [5, 5.41) is 7.17. The van der Waals surface area contributed by atoms with Crippen molar-refractivity contribution in [2.45, 2.75) is 25.8 Å². The van der Waals surface area contributed by atoms with Gasteiger partial charge in [-0.1, -0.05) is 18.2 Å². The molecule has 0 aliphatic carbocycles. The Morgan fingerprint density at radius 2 is 1.83 bits per heavy atom. The van der Waals surface area contributed by atoms with Gasteiger partial charge in [-0.15, -0.1) is 0 Å². The van der Waals surface area contributed by atoms with Crippen molar-refractivity contribution in [3.05, 3.63) is 75.1 Å². The van der Waals surface area contributed by atoms with Crippen molar-refractivity contribution in [1.29, 1.82) is 0 Å². The molecule has 0 saturated carbocycles. The monoisotopic (exact) mass is 534 g/mol. The molecule has 9 heteroatoms. The Balaban J connectivity index is 1.43. The fourth-order valence-corrected chi connectivity index (χ4v) is 4.55. The first-order valence-corrected chi connectivity index (χ1v) is 12.4. The SMILES string of the molecule is Cc1ccccc1Oc1ccc(Nc2nc(NC3CCN(C)CC3)nc3c(Br)c[nH]c(=O)c23)cc1. The first-order valence-electron chi connectivity index (χ1n) is 11.6. The van der Waals surface area contributed by atoms with Crippen LogP contribution >= 0.6 is 15.9 Å². The van der Waals surface area contributed by atoms with Crippen LogP contribution in [-0.2, 0) is 0 Å². The Labute approximate surface area is 211 Å². The van der Waals surface area contributed by atoms with Crippen LogP contribution in [0.15, 0.2) is 64.0 Å². The largest absolute Gasteiger partial charge is 0.457 e. The van der Waals surface area contributed by atoms with Gasteiger partial charge in [-0.2, -0.15) is 4.98 Å². The van der Waals surface area contributed by atoms with E-state index in [9.17, 15) is 4.79 Å². The Morgan fingerprint density at radius 1 is 1.09 bits per heavy atom. The number of rotatable bonds is 6. The van der Waals surface area contributed by atoms with Crippen LogP contribution < -0.4 is 20.9 Å².